The fourth-order valence-corrected chi connectivity index (χ4v) is 3.35. The Bertz CT molecular complexity index is 908. The topological polar surface area (TPSA) is 83.3 Å². The van der Waals surface area contributed by atoms with Crippen molar-refractivity contribution in [2.45, 2.75) is 26.7 Å². The molecule has 28 heavy (non-hydrogen) atoms. The van der Waals surface area contributed by atoms with Crippen molar-refractivity contribution in [1.29, 1.82) is 5.26 Å². The van der Waals surface area contributed by atoms with Gasteiger partial charge in [0.2, 0.25) is 5.78 Å². The minimum atomic E-state index is -0.314. The number of hydrogen-bond acceptors (Lipinski definition) is 6. The number of esters is 1. The van der Waals surface area contributed by atoms with Crippen LogP contribution in [-0.4, -0.2) is 36.4 Å². The maximum Gasteiger partial charge on any atom is 0.309 e. The fraction of sp³-hybridized carbons (Fsp3) is 0.364. The zero-order chi connectivity index (χ0) is 20.1. The van der Waals surface area contributed by atoms with E-state index in [0.29, 0.717) is 37.1 Å². The van der Waals surface area contributed by atoms with Gasteiger partial charge in [-0.05, 0) is 50.5 Å². The van der Waals surface area contributed by atoms with Gasteiger partial charge in [0, 0.05) is 24.8 Å². The number of ketones is 1. The lowest BCUT2D eigenvalue weighted by molar-refractivity contribution is -0.148. The zero-order valence-corrected chi connectivity index (χ0v) is 16.1. The summed E-state index contributed by atoms with van der Waals surface area (Å²) in [5.41, 5.74) is 3.02. The number of piperidine rings is 1. The second-order valence-corrected chi connectivity index (χ2v) is 7.13. The van der Waals surface area contributed by atoms with Crippen LogP contribution in [0.2, 0.25) is 0 Å². The summed E-state index contributed by atoms with van der Waals surface area (Å²) >= 11 is 0. The molecule has 144 valence electrons. The summed E-state index contributed by atoms with van der Waals surface area (Å²) in [5.74, 6) is 0.108. The van der Waals surface area contributed by atoms with Crippen molar-refractivity contribution in [3.63, 3.8) is 0 Å². The average Bonchev–Trinajstić information content (AvgIpc) is 2.73. The molecule has 0 unspecified atom stereocenters. The number of hydrogen-bond donors (Lipinski definition) is 0. The summed E-state index contributed by atoms with van der Waals surface area (Å²) in [6.07, 6.45) is 2.85. The van der Waals surface area contributed by atoms with E-state index in [9.17, 15) is 9.59 Å². The molecule has 0 radical (unpaired) electrons. The van der Waals surface area contributed by atoms with Crippen LogP contribution in [0.5, 0.6) is 0 Å². The Morgan fingerprint density at radius 2 is 1.96 bits per heavy atom. The Morgan fingerprint density at radius 1 is 1.21 bits per heavy atom. The number of aromatic nitrogens is 1. The number of anilines is 1. The molecule has 0 atom stereocenters. The van der Waals surface area contributed by atoms with E-state index in [2.05, 4.69) is 16.0 Å². The highest BCUT2D eigenvalue weighted by molar-refractivity contribution is 5.99. The second-order valence-electron chi connectivity index (χ2n) is 7.13. The van der Waals surface area contributed by atoms with Gasteiger partial charge < -0.3 is 9.64 Å². The number of carbonyl (C=O) groups excluding carboxylic acids is 2. The fourth-order valence-electron chi connectivity index (χ4n) is 3.35. The third kappa shape index (κ3) is 4.55. The first-order valence-electron chi connectivity index (χ1n) is 9.36. The van der Waals surface area contributed by atoms with Gasteiger partial charge in [-0.15, -0.1) is 0 Å². The Balaban J connectivity index is 1.50. The predicted octanol–water partition coefficient (Wildman–Crippen LogP) is 3.21. The summed E-state index contributed by atoms with van der Waals surface area (Å²) in [7, 11) is 0. The van der Waals surface area contributed by atoms with Gasteiger partial charge in [0.15, 0.2) is 6.61 Å². The Labute approximate surface area is 164 Å². The summed E-state index contributed by atoms with van der Waals surface area (Å²) in [4.78, 5) is 31.1. The summed E-state index contributed by atoms with van der Waals surface area (Å²) < 4.78 is 5.31. The van der Waals surface area contributed by atoms with E-state index in [0.717, 1.165) is 16.9 Å². The van der Waals surface area contributed by atoms with Crippen molar-refractivity contribution in [3.05, 3.63) is 58.8 Å². The SMILES string of the molecule is Cc1ccc(C)c(C(=O)COC(=O)C2CCN(c3ccc(C#N)cn3)CC2)c1. The highest BCUT2D eigenvalue weighted by Crippen LogP contribution is 2.23. The van der Waals surface area contributed by atoms with E-state index >= 15 is 0 Å². The van der Waals surface area contributed by atoms with Gasteiger partial charge in [0.25, 0.3) is 0 Å². The van der Waals surface area contributed by atoms with Gasteiger partial charge in [-0.3, -0.25) is 9.59 Å². The maximum atomic E-state index is 12.4. The molecule has 2 aromatic rings. The number of pyridine rings is 1. The van der Waals surface area contributed by atoms with Crippen molar-refractivity contribution in [2.75, 3.05) is 24.6 Å². The lowest BCUT2D eigenvalue weighted by atomic mass is 9.97. The number of carbonyl (C=O) groups is 2. The highest BCUT2D eigenvalue weighted by Gasteiger charge is 2.27. The molecule has 0 bridgehead atoms. The first-order chi connectivity index (χ1) is 13.5. The molecule has 2 heterocycles. The first kappa shape index (κ1) is 19.6. The highest BCUT2D eigenvalue weighted by atomic mass is 16.5. The monoisotopic (exact) mass is 377 g/mol. The molecule has 1 aromatic heterocycles. The largest absolute Gasteiger partial charge is 0.457 e. The van der Waals surface area contributed by atoms with E-state index in [-0.39, 0.29) is 24.3 Å². The smallest absolute Gasteiger partial charge is 0.309 e. The van der Waals surface area contributed by atoms with Gasteiger partial charge in [-0.2, -0.15) is 5.26 Å². The standard InChI is InChI=1S/C22H23N3O3/c1-15-3-4-16(2)19(11-15)20(26)14-28-22(27)18-7-9-25(10-8-18)21-6-5-17(12-23)13-24-21/h3-6,11,13,18H,7-10,14H2,1-2H3. The molecule has 1 saturated heterocycles. The van der Waals surface area contributed by atoms with E-state index in [4.69, 9.17) is 10.00 Å². The van der Waals surface area contributed by atoms with Crippen molar-refractivity contribution >= 4 is 17.6 Å². The second kappa shape index (κ2) is 8.66. The van der Waals surface area contributed by atoms with Gasteiger partial charge in [-0.25, -0.2) is 4.98 Å². The van der Waals surface area contributed by atoms with Gasteiger partial charge >= 0.3 is 5.97 Å². The minimum absolute atomic E-state index is 0.172. The minimum Gasteiger partial charge on any atom is -0.457 e. The quantitative estimate of drug-likeness (QED) is 0.588. The Kier molecular flexibility index (Phi) is 6.05. The molecular weight excluding hydrogens is 354 g/mol. The van der Waals surface area contributed by atoms with Crippen molar-refractivity contribution in [1.82, 2.24) is 4.98 Å². The zero-order valence-electron chi connectivity index (χ0n) is 16.1. The molecule has 0 N–H and O–H groups in total. The van der Waals surface area contributed by atoms with Crippen LogP contribution in [-0.2, 0) is 9.53 Å². The number of rotatable bonds is 5. The molecule has 3 rings (SSSR count). The van der Waals surface area contributed by atoms with Crippen LogP contribution in [0.3, 0.4) is 0 Å². The molecule has 1 fully saturated rings. The number of benzene rings is 1. The number of nitrogens with zero attached hydrogens (tertiary/aromatic N) is 3. The van der Waals surface area contributed by atoms with E-state index in [1.165, 1.54) is 0 Å². The molecule has 6 nitrogen and oxygen atoms in total. The molecule has 0 aliphatic carbocycles. The van der Waals surface area contributed by atoms with Gasteiger partial charge in [0.05, 0.1) is 11.5 Å². The summed E-state index contributed by atoms with van der Waals surface area (Å²) in [6.45, 7) is 4.95. The van der Waals surface area contributed by atoms with Crippen LogP contribution in [0.25, 0.3) is 0 Å². The molecule has 1 aliphatic rings. The maximum absolute atomic E-state index is 12.4. The average molecular weight is 377 g/mol. The van der Waals surface area contributed by atoms with E-state index < -0.39 is 0 Å². The molecule has 1 aliphatic heterocycles. The lowest BCUT2D eigenvalue weighted by Crippen LogP contribution is -2.37. The number of aryl methyl sites for hydroxylation is 2. The number of nitriles is 1. The molecule has 0 spiro atoms. The van der Waals surface area contributed by atoms with Crippen molar-refractivity contribution in [3.8, 4) is 6.07 Å². The molecular formula is C22H23N3O3. The van der Waals surface area contributed by atoms with Crippen molar-refractivity contribution < 1.29 is 14.3 Å². The van der Waals surface area contributed by atoms with Crippen LogP contribution in [0.15, 0.2) is 36.5 Å². The predicted molar refractivity (Wildman–Crippen MR) is 105 cm³/mol. The Hall–Kier alpha value is -3.20. The third-order valence-corrected chi connectivity index (χ3v) is 5.07. The van der Waals surface area contributed by atoms with Crippen LogP contribution >= 0.6 is 0 Å². The third-order valence-electron chi connectivity index (χ3n) is 5.07. The van der Waals surface area contributed by atoms with E-state index in [1.54, 1.807) is 12.3 Å². The van der Waals surface area contributed by atoms with Crippen LogP contribution < -0.4 is 4.90 Å². The molecule has 1 aromatic carbocycles. The molecule has 0 saturated carbocycles. The summed E-state index contributed by atoms with van der Waals surface area (Å²) in [5, 5.41) is 8.85. The van der Waals surface area contributed by atoms with Gasteiger partial charge in [-0.1, -0.05) is 17.7 Å². The molecule has 0 amide bonds. The van der Waals surface area contributed by atoms with Crippen LogP contribution in [0.1, 0.15) is 39.9 Å². The van der Waals surface area contributed by atoms with E-state index in [1.807, 2.05) is 38.1 Å². The summed E-state index contributed by atoms with van der Waals surface area (Å²) in [6, 6.07) is 11.3. The lowest BCUT2D eigenvalue weighted by Gasteiger charge is -2.31. The number of Topliss-reactive ketones (excluding diaryl/α,β-unsaturated/α-hetero) is 1. The van der Waals surface area contributed by atoms with Crippen molar-refractivity contribution in [2.24, 2.45) is 5.92 Å². The molecule has 6 heteroatoms. The van der Waals surface area contributed by atoms with Gasteiger partial charge in [0.1, 0.15) is 11.9 Å². The van der Waals surface area contributed by atoms with Crippen LogP contribution in [0.4, 0.5) is 5.82 Å². The number of ether oxygens (including phenoxy) is 1. The van der Waals surface area contributed by atoms with Crippen LogP contribution in [0, 0.1) is 31.1 Å². The Morgan fingerprint density at radius 3 is 2.61 bits per heavy atom. The normalized spacial score (nSPS) is 14.4. The first-order valence-corrected chi connectivity index (χ1v) is 9.36.